The molecule has 0 amide bonds. The summed E-state index contributed by atoms with van der Waals surface area (Å²) in [5.74, 6) is 0.343. The molecule has 2 nitrogen and oxygen atoms in total. The van der Waals surface area contributed by atoms with Crippen LogP contribution in [0, 0.1) is 6.92 Å². The molecule has 2 heteroatoms. The zero-order valence-electron chi connectivity index (χ0n) is 7.04. The van der Waals surface area contributed by atoms with Gasteiger partial charge in [0, 0.05) is 6.42 Å². The van der Waals surface area contributed by atoms with Crippen LogP contribution < -0.4 is 4.74 Å². The third-order valence-electron chi connectivity index (χ3n) is 1.42. The van der Waals surface area contributed by atoms with E-state index in [1.165, 1.54) is 0 Å². The maximum atomic E-state index is 10.8. The SMILES string of the molecule is [CH2]c1cccc(OC(=O)CC)c1. The summed E-state index contributed by atoms with van der Waals surface area (Å²) in [7, 11) is 0. The molecule has 0 N–H and O–H groups in total. The molecule has 0 aliphatic carbocycles. The Labute approximate surface area is 72.2 Å². The Morgan fingerprint density at radius 1 is 1.58 bits per heavy atom. The Bertz CT molecular complexity index is 279. The van der Waals surface area contributed by atoms with Gasteiger partial charge in [-0.2, -0.15) is 0 Å². The summed E-state index contributed by atoms with van der Waals surface area (Å²) >= 11 is 0. The molecule has 0 aliphatic rings. The zero-order chi connectivity index (χ0) is 8.97. The van der Waals surface area contributed by atoms with E-state index in [0.29, 0.717) is 12.2 Å². The molecule has 0 aromatic heterocycles. The quantitative estimate of drug-likeness (QED) is 0.493. The highest BCUT2D eigenvalue weighted by molar-refractivity contribution is 5.71. The van der Waals surface area contributed by atoms with Crippen molar-refractivity contribution in [1.82, 2.24) is 0 Å². The summed E-state index contributed by atoms with van der Waals surface area (Å²) in [5, 5.41) is 0. The summed E-state index contributed by atoms with van der Waals surface area (Å²) < 4.78 is 4.97. The van der Waals surface area contributed by atoms with E-state index in [0.717, 1.165) is 5.56 Å². The molecule has 0 bridgehead atoms. The first kappa shape index (κ1) is 8.78. The molecule has 0 saturated heterocycles. The van der Waals surface area contributed by atoms with Crippen molar-refractivity contribution in [2.75, 3.05) is 0 Å². The predicted molar refractivity (Wildman–Crippen MR) is 46.8 cm³/mol. The van der Waals surface area contributed by atoms with Crippen LogP contribution in [0.25, 0.3) is 0 Å². The fourth-order valence-corrected chi connectivity index (χ4v) is 0.813. The molecule has 1 rings (SSSR count). The van der Waals surface area contributed by atoms with E-state index < -0.39 is 0 Å². The van der Waals surface area contributed by atoms with E-state index in [4.69, 9.17) is 4.74 Å². The first-order valence-electron chi connectivity index (χ1n) is 3.85. The van der Waals surface area contributed by atoms with Crippen molar-refractivity contribution in [1.29, 1.82) is 0 Å². The molecule has 63 valence electrons. The highest BCUT2D eigenvalue weighted by Crippen LogP contribution is 2.12. The van der Waals surface area contributed by atoms with Crippen LogP contribution in [-0.2, 0) is 4.79 Å². The van der Waals surface area contributed by atoms with Crippen LogP contribution in [0.5, 0.6) is 5.75 Å². The highest BCUT2D eigenvalue weighted by atomic mass is 16.5. The van der Waals surface area contributed by atoms with Crippen molar-refractivity contribution >= 4 is 5.97 Å². The number of hydrogen-bond acceptors (Lipinski definition) is 2. The van der Waals surface area contributed by atoms with Crippen LogP contribution >= 0.6 is 0 Å². The Morgan fingerprint density at radius 3 is 2.92 bits per heavy atom. The lowest BCUT2D eigenvalue weighted by molar-refractivity contribution is -0.134. The van der Waals surface area contributed by atoms with E-state index in [2.05, 4.69) is 6.92 Å². The van der Waals surface area contributed by atoms with Gasteiger partial charge in [0.15, 0.2) is 0 Å². The van der Waals surface area contributed by atoms with E-state index in [-0.39, 0.29) is 5.97 Å². The Kier molecular flexibility index (Phi) is 2.86. The van der Waals surface area contributed by atoms with E-state index >= 15 is 0 Å². The average molecular weight is 163 g/mol. The fourth-order valence-electron chi connectivity index (χ4n) is 0.813. The number of carbonyl (C=O) groups is 1. The minimum Gasteiger partial charge on any atom is -0.427 e. The third kappa shape index (κ3) is 2.38. The normalized spacial score (nSPS) is 9.50. The van der Waals surface area contributed by atoms with Gasteiger partial charge >= 0.3 is 5.97 Å². The fraction of sp³-hybridized carbons (Fsp3) is 0.200. The smallest absolute Gasteiger partial charge is 0.310 e. The van der Waals surface area contributed by atoms with Gasteiger partial charge in [0.1, 0.15) is 5.75 Å². The lowest BCUT2D eigenvalue weighted by Gasteiger charge is -2.02. The average Bonchev–Trinajstić information content (AvgIpc) is 2.04. The summed E-state index contributed by atoms with van der Waals surface area (Å²) in [6.07, 6.45) is 0.390. The van der Waals surface area contributed by atoms with E-state index in [1.54, 1.807) is 25.1 Å². The molecule has 0 spiro atoms. The molecular weight excluding hydrogens is 152 g/mol. The summed E-state index contributed by atoms with van der Waals surface area (Å²) in [4.78, 5) is 10.8. The monoisotopic (exact) mass is 163 g/mol. The minimum absolute atomic E-state index is 0.222. The zero-order valence-corrected chi connectivity index (χ0v) is 7.04. The van der Waals surface area contributed by atoms with Gasteiger partial charge in [-0.1, -0.05) is 19.1 Å². The Balaban J connectivity index is 2.69. The van der Waals surface area contributed by atoms with Gasteiger partial charge in [-0.3, -0.25) is 4.79 Å². The van der Waals surface area contributed by atoms with E-state index in [9.17, 15) is 4.79 Å². The van der Waals surface area contributed by atoms with Gasteiger partial charge in [-0.15, -0.1) is 0 Å². The molecule has 1 aromatic carbocycles. The number of rotatable bonds is 2. The topological polar surface area (TPSA) is 26.3 Å². The number of esters is 1. The van der Waals surface area contributed by atoms with Crippen molar-refractivity contribution in [2.24, 2.45) is 0 Å². The molecule has 0 aliphatic heterocycles. The van der Waals surface area contributed by atoms with Crippen LogP contribution in [0.15, 0.2) is 24.3 Å². The molecule has 0 heterocycles. The van der Waals surface area contributed by atoms with Crippen LogP contribution in [0.4, 0.5) is 0 Å². The van der Waals surface area contributed by atoms with Crippen molar-refractivity contribution in [2.45, 2.75) is 13.3 Å². The second kappa shape index (κ2) is 3.90. The highest BCUT2D eigenvalue weighted by Gasteiger charge is 1.99. The number of ether oxygens (including phenoxy) is 1. The maximum absolute atomic E-state index is 10.8. The standard InChI is InChI=1S/C10H11O2/c1-3-10(11)12-9-6-4-5-8(2)7-9/h4-7H,2-3H2,1H3. The van der Waals surface area contributed by atoms with Crippen LogP contribution in [0.3, 0.4) is 0 Å². The maximum Gasteiger partial charge on any atom is 0.310 e. The lowest BCUT2D eigenvalue weighted by atomic mass is 10.2. The van der Waals surface area contributed by atoms with Gasteiger partial charge < -0.3 is 4.74 Å². The summed E-state index contributed by atoms with van der Waals surface area (Å²) in [6, 6.07) is 7.12. The first-order valence-corrected chi connectivity index (χ1v) is 3.85. The molecule has 1 aromatic rings. The molecule has 0 atom stereocenters. The number of benzene rings is 1. The second-order valence-electron chi connectivity index (χ2n) is 2.48. The van der Waals surface area contributed by atoms with Crippen LogP contribution in [-0.4, -0.2) is 5.97 Å². The van der Waals surface area contributed by atoms with Gasteiger partial charge in [0.05, 0.1) is 0 Å². The van der Waals surface area contributed by atoms with Gasteiger partial charge in [-0.05, 0) is 24.6 Å². The molecule has 12 heavy (non-hydrogen) atoms. The van der Waals surface area contributed by atoms with Gasteiger partial charge in [0.2, 0.25) is 0 Å². The second-order valence-corrected chi connectivity index (χ2v) is 2.48. The summed E-state index contributed by atoms with van der Waals surface area (Å²) in [6.45, 7) is 5.48. The predicted octanol–water partition coefficient (Wildman–Crippen LogP) is 2.18. The lowest BCUT2D eigenvalue weighted by Crippen LogP contribution is -2.05. The molecular formula is C10H11O2. The molecule has 0 fully saturated rings. The van der Waals surface area contributed by atoms with Crippen LogP contribution in [0.1, 0.15) is 18.9 Å². The molecule has 0 saturated carbocycles. The van der Waals surface area contributed by atoms with Crippen molar-refractivity contribution in [3.8, 4) is 5.75 Å². The largest absolute Gasteiger partial charge is 0.427 e. The Hall–Kier alpha value is -1.31. The van der Waals surface area contributed by atoms with Crippen molar-refractivity contribution in [3.63, 3.8) is 0 Å². The van der Waals surface area contributed by atoms with Crippen molar-refractivity contribution < 1.29 is 9.53 Å². The Morgan fingerprint density at radius 2 is 2.33 bits per heavy atom. The number of carbonyl (C=O) groups excluding carboxylic acids is 1. The third-order valence-corrected chi connectivity index (χ3v) is 1.42. The minimum atomic E-state index is -0.222. The van der Waals surface area contributed by atoms with Gasteiger partial charge in [0.25, 0.3) is 0 Å². The van der Waals surface area contributed by atoms with Gasteiger partial charge in [-0.25, -0.2) is 0 Å². The molecule has 0 unspecified atom stereocenters. The first-order chi connectivity index (χ1) is 5.72. The summed E-state index contributed by atoms with van der Waals surface area (Å²) in [5.41, 5.74) is 0.844. The van der Waals surface area contributed by atoms with E-state index in [1.807, 2.05) is 6.07 Å². The van der Waals surface area contributed by atoms with Crippen LogP contribution in [0.2, 0.25) is 0 Å². The number of hydrogen-bond donors (Lipinski definition) is 0. The molecule has 1 radical (unpaired) electrons. The van der Waals surface area contributed by atoms with Crippen molar-refractivity contribution in [3.05, 3.63) is 36.8 Å².